The lowest BCUT2D eigenvalue weighted by Crippen LogP contribution is -2.42. The highest BCUT2D eigenvalue weighted by molar-refractivity contribution is 5.89. The maximum absolute atomic E-state index is 12.3. The molecular weight excluding hydrogens is 318 g/mol. The minimum Gasteiger partial charge on any atom is -0.385 e. The Bertz CT molecular complexity index is 552. The molecule has 1 aromatic carbocycles. The lowest BCUT2D eigenvalue weighted by atomic mass is 9.93. The minimum atomic E-state index is -0.0636. The molecule has 0 saturated carbocycles. The standard InChI is InChI=1S/C19H29N3O3/c1-15-4-6-17(7-5-15)21-19(24)22-11-8-16(9-12-22)14-18(23)20-10-3-13-25-2/h4-7,16H,3,8-14H2,1-2H3,(H,20,23)(H,21,24). The van der Waals surface area contributed by atoms with Crippen LogP contribution in [-0.2, 0) is 9.53 Å². The van der Waals surface area contributed by atoms with Gasteiger partial charge in [0.1, 0.15) is 0 Å². The normalized spacial score (nSPS) is 15.0. The van der Waals surface area contributed by atoms with Gasteiger partial charge in [-0.15, -0.1) is 0 Å². The fourth-order valence-corrected chi connectivity index (χ4v) is 2.96. The molecule has 2 rings (SSSR count). The number of likely N-dealkylation sites (tertiary alicyclic amines) is 1. The summed E-state index contributed by atoms with van der Waals surface area (Å²) in [6, 6.07) is 7.72. The Hall–Kier alpha value is -2.08. The van der Waals surface area contributed by atoms with Crippen molar-refractivity contribution in [1.82, 2.24) is 10.2 Å². The minimum absolute atomic E-state index is 0.0636. The largest absolute Gasteiger partial charge is 0.385 e. The molecule has 0 unspecified atom stereocenters. The zero-order chi connectivity index (χ0) is 18.1. The molecule has 138 valence electrons. The van der Waals surface area contributed by atoms with Crippen molar-refractivity contribution < 1.29 is 14.3 Å². The van der Waals surface area contributed by atoms with E-state index in [1.807, 2.05) is 36.1 Å². The zero-order valence-electron chi connectivity index (χ0n) is 15.2. The Morgan fingerprint density at radius 3 is 2.52 bits per heavy atom. The predicted molar refractivity (Wildman–Crippen MR) is 98.6 cm³/mol. The summed E-state index contributed by atoms with van der Waals surface area (Å²) in [6.07, 6.45) is 3.11. The fourth-order valence-electron chi connectivity index (χ4n) is 2.96. The van der Waals surface area contributed by atoms with Gasteiger partial charge in [-0.1, -0.05) is 17.7 Å². The van der Waals surface area contributed by atoms with Gasteiger partial charge in [0.2, 0.25) is 5.91 Å². The van der Waals surface area contributed by atoms with Crippen LogP contribution in [0.3, 0.4) is 0 Å². The first-order valence-corrected chi connectivity index (χ1v) is 8.96. The number of methoxy groups -OCH3 is 1. The molecule has 1 fully saturated rings. The maximum Gasteiger partial charge on any atom is 0.321 e. The van der Waals surface area contributed by atoms with Crippen LogP contribution >= 0.6 is 0 Å². The average molecular weight is 347 g/mol. The van der Waals surface area contributed by atoms with E-state index in [-0.39, 0.29) is 11.9 Å². The summed E-state index contributed by atoms with van der Waals surface area (Å²) in [6.45, 7) is 4.72. The summed E-state index contributed by atoms with van der Waals surface area (Å²) in [5.74, 6) is 0.449. The van der Waals surface area contributed by atoms with Crippen LogP contribution < -0.4 is 10.6 Å². The number of nitrogens with zero attached hydrogens (tertiary/aromatic N) is 1. The van der Waals surface area contributed by atoms with Gasteiger partial charge in [0.15, 0.2) is 0 Å². The van der Waals surface area contributed by atoms with Crippen molar-refractivity contribution in [3.05, 3.63) is 29.8 Å². The smallest absolute Gasteiger partial charge is 0.321 e. The molecule has 0 aliphatic carbocycles. The molecule has 0 radical (unpaired) electrons. The summed E-state index contributed by atoms with van der Waals surface area (Å²) in [7, 11) is 1.66. The summed E-state index contributed by atoms with van der Waals surface area (Å²) in [5.41, 5.74) is 1.98. The number of hydrogen-bond acceptors (Lipinski definition) is 3. The number of amides is 3. The predicted octanol–water partition coefficient (Wildman–Crippen LogP) is 2.78. The Kier molecular flexibility index (Phi) is 7.73. The quantitative estimate of drug-likeness (QED) is 0.745. The van der Waals surface area contributed by atoms with Gasteiger partial charge in [-0.3, -0.25) is 4.79 Å². The molecule has 1 aliphatic heterocycles. The highest BCUT2D eigenvalue weighted by Crippen LogP contribution is 2.21. The van der Waals surface area contributed by atoms with E-state index in [4.69, 9.17) is 4.74 Å². The van der Waals surface area contributed by atoms with Crippen LogP contribution in [0.25, 0.3) is 0 Å². The van der Waals surface area contributed by atoms with E-state index < -0.39 is 0 Å². The van der Waals surface area contributed by atoms with Crippen LogP contribution in [0.15, 0.2) is 24.3 Å². The second-order valence-electron chi connectivity index (χ2n) is 6.63. The highest BCUT2D eigenvalue weighted by atomic mass is 16.5. The van der Waals surface area contributed by atoms with E-state index in [1.165, 1.54) is 5.56 Å². The van der Waals surface area contributed by atoms with Gasteiger partial charge in [-0.25, -0.2) is 4.79 Å². The lowest BCUT2D eigenvalue weighted by Gasteiger charge is -2.31. The monoisotopic (exact) mass is 347 g/mol. The van der Waals surface area contributed by atoms with Crippen LogP contribution in [0.4, 0.5) is 10.5 Å². The summed E-state index contributed by atoms with van der Waals surface area (Å²) in [5, 5.41) is 5.85. The van der Waals surface area contributed by atoms with Crippen LogP contribution in [0.5, 0.6) is 0 Å². The molecule has 1 saturated heterocycles. The molecule has 1 aromatic rings. The molecule has 0 aromatic heterocycles. The van der Waals surface area contributed by atoms with E-state index in [1.54, 1.807) is 7.11 Å². The van der Waals surface area contributed by atoms with Crippen molar-refractivity contribution in [2.24, 2.45) is 5.92 Å². The van der Waals surface area contributed by atoms with Crippen LogP contribution in [0, 0.1) is 12.8 Å². The highest BCUT2D eigenvalue weighted by Gasteiger charge is 2.24. The molecule has 0 atom stereocenters. The van der Waals surface area contributed by atoms with Crippen molar-refractivity contribution in [1.29, 1.82) is 0 Å². The molecule has 25 heavy (non-hydrogen) atoms. The lowest BCUT2D eigenvalue weighted by molar-refractivity contribution is -0.122. The van der Waals surface area contributed by atoms with Gasteiger partial charge in [-0.2, -0.15) is 0 Å². The Morgan fingerprint density at radius 1 is 1.20 bits per heavy atom. The van der Waals surface area contributed by atoms with Gasteiger partial charge in [0.25, 0.3) is 0 Å². The van der Waals surface area contributed by atoms with Gasteiger partial charge >= 0.3 is 6.03 Å². The summed E-state index contributed by atoms with van der Waals surface area (Å²) in [4.78, 5) is 26.0. The summed E-state index contributed by atoms with van der Waals surface area (Å²) < 4.78 is 4.96. The number of nitrogens with one attached hydrogen (secondary N) is 2. The van der Waals surface area contributed by atoms with Crippen molar-refractivity contribution in [2.75, 3.05) is 38.7 Å². The van der Waals surface area contributed by atoms with Crippen molar-refractivity contribution >= 4 is 17.6 Å². The molecule has 6 heteroatoms. The molecule has 1 aliphatic rings. The van der Waals surface area contributed by atoms with Gasteiger partial charge in [0, 0.05) is 45.5 Å². The van der Waals surface area contributed by atoms with Gasteiger partial charge in [0.05, 0.1) is 0 Å². The van der Waals surface area contributed by atoms with Crippen LogP contribution in [-0.4, -0.2) is 50.2 Å². The first-order valence-electron chi connectivity index (χ1n) is 8.96. The molecule has 0 spiro atoms. The summed E-state index contributed by atoms with van der Waals surface area (Å²) >= 11 is 0. The number of carbonyl (C=O) groups excluding carboxylic acids is 2. The number of rotatable bonds is 7. The molecule has 2 N–H and O–H groups in total. The van der Waals surface area contributed by atoms with Crippen molar-refractivity contribution in [3.63, 3.8) is 0 Å². The van der Waals surface area contributed by atoms with E-state index in [2.05, 4.69) is 10.6 Å². The molecular formula is C19H29N3O3. The first-order chi connectivity index (χ1) is 12.1. The first kappa shape index (κ1) is 19.2. The van der Waals surface area contributed by atoms with Crippen LogP contribution in [0.1, 0.15) is 31.2 Å². The van der Waals surface area contributed by atoms with Crippen molar-refractivity contribution in [3.8, 4) is 0 Å². The number of anilines is 1. The molecule has 3 amide bonds. The third kappa shape index (κ3) is 6.74. The number of piperidine rings is 1. The molecule has 6 nitrogen and oxygen atoms in total. The SMILES string of the molecule is COCCCNC(=O)CC1CCN(C(=O)Nc2ccc(C)cc2)CC1. The molecule has 0 bridgehead atoms. The number of ether oxygens (including phenoxy) is 1. The third-order valence-electron chi connectivity index (χ3n) is 4.53. The number of urea groups is 1. The number of hydrogen-bond donors (Lipinski definition) is 2. The van der Waals surface area contributed by atoms with E-state index in [9.17, 15) is 9.59 Å². The Morgan fingerprint density at radius 2 is 1.88 bits per heavy atom. The second-order valence-corrected chi connectivity index (χ2v) is 6.63. The van der Waals surface area contributed by atoms with Crippen molar-refractivity contribution in [2.45, 2.75) is 32.6 Å². The molecule has 1 heterocycles. The van der Waals surface area contributed by atoms with E-state index in [0.717, 1.165) is 24.9 Å². The number of carbonyl (C=O) groups is 2. The Balaban J connectivity index is 1.67. The van der Waals surface area contributed by atoms with Gasteiger partial charge in [-0.05, 0) is 44.2 Å². The average Bonchev–Trinajstić information content (AvgIpc) is 2.61. The zero-order valence-corrected chi connectivity index (χ0v) is 15.2. The number of aryl methyl sites for hydroxylation is 1. The number of benzene rings is 1. The topological polar surface area (TPSA) is 70.7 Å². The van der Waals surface area contributed by atoms with Gasteiger partial charge < -0.3 is 20.3 Å². The Labute approximate surface area is 149 Å². The van der Waals surface area contributed by atoms with E-state index in [0.29, 0.717) is 38.6 Å². The maximum atomic E-state index is 12.3. The third-order valence-corrected chi connectivity index (χ3v) is 4.53. The second kappa shape index (κ2) is 10.0. The van der Waals surface area contributed by atoms with Crippen LogP contribution in [0.2, 0.25) is 0 Å². The fraction of sp³-hybridized carbons (Fsp3) is 0.579. The van der Waals surface area contributed by atoms with E-state index >= 15 is 0 Å².